The quantitative estimate of drug-likeness (QED) is 0.681. The predicted octanol–water partition coefficient (Wildman–Crippen LogP) is 1.34. The molecule has 0 saturated carbocycles. The van der Waals surface area contributed by atoms with Crippen molar-refractivity contribution in [3.8, 4) is 12.3 Å². The minimum atomic E-state index is -3.66. The number of nitrogens with one attached hydrogen (secondary N) is 1. The highest BCUT2D eigenvalue weighted by Gasteiger charge is 2.18. The molecule has 6 nitrogen and oxygen atoms in total. The maximum absolute atomic E-state index is 12.6. The topological polar surface area (TPSA) is 75.7 Å². The van der Waals surface area contributed by atoms with E-state index in [0.717, 1.165) is 0 Å². The van der Waals surface area contributed by atoms with E-state index in [2.05, 4.69) is 10.6 Å². The highest BCUT2D eigenvalue weighted by molar-refractivity contribution is 7.89. The van der Waals surface area contributed by atoms with Crippen molar-refractivity contribution in [3.63, 3.8) is 0 Å². The van der Waals surface area contributed by atoms with Crippen LogP contribution < -0.4 is 4.72 Å². The maximum atomic E-state index is 12.6. The Hall–Kier alpha value is -1.88. The van der Waals surface area contributed by atoms with Crippen LogP contribution in [0, 0.1) is 18.3 Å². The zero-order chi connectivity index (χ0) is 18.2. The molecule has 24 heavy (non-hydrogen) atoms. The van der Waals surface area contributed by atoms with E-state index in [1.807, 2.05) is 13.8 Å². The molecule has 0 aromatic heterocycles. The molecule has 132 valence electrons. The third-order valence-electron chi connectivity index (χ3n) is 3.21. The molecule has 1 N–H and O–H groups in total. The van der Waals surface area contributed by atoms with Gasteiger partial charge in [-0.25, -0.2) is 8.42 Å². The normalized spacial score (nSPS) is 11.3. The molecule has 0 saturated heterocycles. The second-order valence-corrected chi connectivity index (χ2v) is 7.46. The Morgan fingerprint density at radius 2 is 1.96 bits per heavy atom. The number of ether oxygens (including phenoxy) is 1. The molecular formula is C17H24N2O4S. The van der Waals surface area contributed by atoms with Gasteiger partial charge in [0.2, 0.25) is 10.0 Å². The number of nitrogens with zero attached hydrogens (tertiary/aromatic N) is 1. The second kappa shape index (κ2) is 9.42. The van der Waals surface area contributed by atoms with Crippen LogP contribution in [-0.4, -0.2) is 52.6 Å². The number of sulfonamides is 1. The van der Waals surface area contributed by atoms with Crippen molar-refractivity contribution in [3.05, 3.63) is 29.8 Å². The van der Waals surface area contributed by atoms with Crippen molar-refractivity contribution in [1.29, 1.82) is 0 Å². The molecule has 1 rings (SSSR count). The Labute approximate surface area is 144 Å². The van der Waals surface area contributed by atoms with Crippen LogP contribution >= 0.6 is 0 Å². The van der Waals surface area contributed by atoms with Gasteiger partial charge in [0, 0.05) is 25.8 Å². The number of rotatable bonds is 9. The van der Waals surface area contributed by atoms with Crippen molar-refractivity contribution in [1.82, 2.24) is 9.62 Å². The van der Waals surface area contributed by atoms with E-state index < -0.39 is 10.0 Å². The minimum absolute atomic E-state index is 0.0709. The Bertz CT molecular complexity index is 676. The molecule has 0 aliphatic carbocycles. The summed E-state index contributed by atoms with van der Waals surface area (Å²) in [5.41, 5.74) is 0.433. The summed E-state index contributed by atoms with van der Waals surface area (Å²) in [5, 5.41) is 0. The first-order valence-electron chi connectivity index (χ1n) is 7.63. The van der Waals surface area contributed by atoms with Crippen LogP contribution in [0.2, 0.25) is 0 Å². The Morgan fingerprint density at radius 1 is 1.33 bits per heavy atom. The highest BCUT2D eigenvalue weighted by Crippen LogP contribution is 2.13. The lowest BCUT2D eigenvalue weighted by Crippen LogP contribution is -2.36. The van der Waals surface area contributed by atoms with E-state index in [1.54, 1.807) is 12.0 Å². The number of benzene rings is 1. The fourth-order valence-corrected chi connectivity index (χ4v) is 3.03. The van der Waals surface area contributed by atoms with Crippen LogP contribution in [0.15, 0.2) is 29.2 Å². The van der Waals surface area contributed by atoms with Gasteiger partial charge in [-0.15, -0.1) is 6.42 Å². The molecule has 1 aromatic carbocycles. The summed E-state index contributed by atoms with van der Waals surface area (Å²) >= 11 is 0. The van der Waals surface area contributed by atoms with E-state index in [0.29, 0.717) is 31.2 Å². The SMILES string of the molecule is C#CCNS(=O)(=O)c1ccc(C(=O)N(CCOC)CC(C)C)cc1. The number of methoxy groups -OCH3 is 1. The number of hydrogen-bond acceptors (Lipinski definition) is 4. The molecular weight excluding hydrogens is 328 g/mol. The number of carbonyl (C=O) groups is 1. The molecule has 0 aliphatic heterocycles. The first kappa shape index (κ1) is 20.2. The van der Waals surface area contributed by atoms with Crippen molar-refractivity contribution < 1.29 is 17.9 Å². The molecule has 0 fully saturated rings. The molecule has 0 bridgehead atoms. The van der Waals surface area contributed by atoms with Crippen LogP contribution in [-0.2, 0) is 14.8 Å². The summed E-state index contributed by atoms with van der Waals surface area (Å²) in [6.07, 6.45) is 5.05. The van der Waals surface area contributed by atoms with Crippen molar-refractivity contribution in [2.24, 2.45) is 5.92 Å². The summed E-state index contributed by atoms with van der Waals surface area (Å²) in [6.45, 7) is 5.51. The molecule has 7 heteroatoms. The summed E-state index contributed by atoms with van der Waals surface area (Å²) in [4.78, 5) is 14.4. The van der Waals surface area contributed by atoms with Crippen molar-refractivity contribution >= 4 is 15.9 Å². The average molecular weight is 352 g/mol. The van der Waals surface area contributed by atoms with E-state index in [1.165, 1.54) is 24.3 Å². The van der Waals surface area contributed by atoms with Crippen molar-refractivity contribution in [2.45, 2.75) is 18.7 Å². The Kier molecular flexibility index (Phi) is 7.92. The lowest BCUT2D eigenvalue weighted by atomic mass is 10.1. The zero-order valence-electron chi connectivity index (χ0n) is 14.3. The molecule has 0 spiro atoms. The molecule has 0 aliphatic rings. The monoisotopic (exact) mass is 352 g/mol. The fourth-order valence-electron chi connectivity index (χ4n) is 2.10. The second-order valence-electron chi connectivity index (χ2n) is 5.69. The first-order chi connectivity index (χ1) is 11.3. The predicted molar refractivity (Wildman–Crippen MR) is 93.1 cm³/mol. The lowest BCUT2D eigenvalue weighted by Gasteiger charge is -2.24. The van der Waals surface area contributed by atoms with Gasteiger partial charge in [-0.3, -0.25) is 4.79 Å². The maximum Gasteiger partial charge on any atom is 0.253 e. The Balaban J connectivity index is 2.93. The van der Waals surface area contributed by atoms with Crippen LogP contribution in [0.25, 0.3) is 0 Å². The summed E-state index contributed by atoms with van der Waals surface area (Å²) in [5.74, 6) is 2.38. The average Bonchev–Trinajstić information content (AvgIpc) is 2.56. The van der Waals surface area contributed by atoms with Gasteiger partial charge in [-0.2, -0.15) is 4.72 Å². The number of amides is 1. The Morgan fingerprint density at radius 3 is 2.46 bits per heavy atom. The molecule has 0 radical (unpaired) electrons. The number of hydrogen-bond donors (Lipinski definition) is 1. The third-order valence-corrected chi connectivity index (χ3v) is 4.63. The molecule has 1 aromatic rings. The van der Waals surface area contributed by atoms with Gasteiger partial charge in [0.15, 0.2) is 0 Å². The van der Waals surface area contributed by atoms with Gasteiger partial charge >= 0.3 is 0 Å². The highest BCUT2D eigenvalue weighted by atomic mass is 32.2. The van der Waals surface area contributed by atoms with Gasteiger partial charge < -0.3 is 9.64 Å². The first-order valence-corrected chi connectivity index (χ1v) is 9.11. The zero-order valence-corrected chi connectivity index (χ0v) is 15.1. The van der Waals surface area contributed by atoms with E-state index >= 15 is 0 Å². The smallest absolute Gasteiger partial charge is 0.253 e. The van der Waals surface area contributed by atoms with Crippen LogP contribution in [0.5, 0.6) is 0 Å². The van der Waals surface area contributed by atoms with Gasteiger partial charge in [0.05, 0.1) is 18.0 Å². The van der Waals surface area contributed by atoms with Crippen LogP contribution in [0.4, 0.5) is 0 Å². The largest absolute Gasteiger partial charge is 0.383 e. The van der Waals surface area contributed by atoms with E-state index in [-0.39, 0.29) is 17.3 Å². The summed E-state index contributed by atoms with van der Waals surface area (Å²) in [6, 6.07) is 5.81. The standard InChI is InChI=1S/C17H24N2O4S/c1-5-10-18-24(21,22)16-8-6-15(7-9-16)17(20)19(11-12-23-4)13-14(2)3/h1,6-9,14,18H,10-13H2,2-4H3. The van der Waals surface area contributed by atoms with Gasteiger partial charge in [0.25, 0.3) is 5.91 Å². The number of terminal acetylenes is 1. The van der Waals surface area contributed by atoms with Crippen molar-refractivity contribution in [2.75, 3.05) is 33.4 Å². The van der Waals surface area contributed by atoms with Crippen LogP contribution in [0.1, 0.15) is 24.2 Å². The lowest BCUT2D eigenvalue weighted by molar-refractivity contribution is 0.0672. The van der Waals surface area contributed by atoms with Gasteiger partial charge in [-0.05, 0) is 30.2 Å². The fraction of sp³-hybridized carbons (Fsp3) is 0.471. The van der Waals surface area contributed by atoms with Crippen LogP contribution in [0.3, 0.4) is 0 Å². The van der Waals surface area contributed by atoms with E-state index in [4.69, 9.17) is 11.2 Å². The third kappa shape index (κ3) is 5.96. The molecule has 0 unspecified atom stereocenters. The van der Waals surface area contributed by atoms with Gasteiger partial charge in [-0.1, -0.05) is 19.8 Å². The van der Waals surface area contributed by atoms with Gasteiger partial charge in [0.1, 0.15) is 0 Å². The summed E-state index contributed by atoms with van der Waals surface area (Å²) < 4.78 is 31.3. The molecule has 0 atom stereocenters. The number of carbonyl (C=O) groups excluding carboxylic acids is 1. The molecule has 0 heterocycles. The summed E-state index contributed by atoms with van der Waals surface area (Å²) in [7, 11) is -2.07. The molecule has 1 amide bonds. The minimum Gasteiger partial charge on any atom is -0.383 e. The van der Waals surface area contributed by atoms with E-state index in [9.17, 15) is 13.2 Å².